The summed E-state index contributed by atoms with van der Waals surface area (Å²) in [6, 6.07) is 0. The fourth-order valence-electron chi connectivity index (χ4n) is 13.0. The van der Waals surface area contributed by atoms with E-state index in [0.717, 1.165) is 73.5 Å². The van der Waals surface area contributed by atoms with Crippen LogP contribution in [0, 0.1) is 0 Å². The number of rotatable bonds is 64. The van der Waals surface area contributed by atoms with Gasteiger partial charge in [-0.3, -0.25) is 76.7 Å². The molecule has 0 rings (SSSR count). The molecule has 744 valence electrons. The molecule has 0 spiro atoms. The second-order valence-electron chi connectivity index (χ2n) is 33.8. The van der Waals surface area contributed by atoms with Crippen molar-refractivity contribution in [1.29, 1.82) is 0 Å². The highest BCUT2D eigenvalue weighted by atomic mass is 16.3. The molecule has 16 unspecified atom stereocenters. The molecule has 16 amide bonds. The van der Waals surface area contributed by atoms with Gasteiger partial charge in [-0.1, -0.05) is 0 Å². The predicted molar refractivity (Wildman–Crippen MR) is 458 cm³/mol. The van der Waals surface area contributed by atoms with Crippen molar-refractivity contribution in [2.45, 2.75) is 208 Å². The summed E-state index contributed by atoms with van der Waals surface area (Å²) in [5.41, 5.74) is 5.30. The van der Waals surface area contributed by atoms with E-state index in [2.05, 4.69) is 5.32 Å². The number of hydrogen-bond acceptors (Lipinski definition) is 33. The van der Waals surface area contributed by atoms with E-state index in [-0.39, 0.29) is 26.2 Å². The largest absolute Gasteiger partial charge is 0.392 e. The Hall–Kier alpha value is -9.16. The molecule has 0 aliphatic carbocycles. The summed E-state index contributed by atoms with van der Waals surface area (Å²) in [7, 11) is 0. The van der Waals surface area contributed by atoms with Crippen molar-refractivity contribution < 1.29 is 158 Å². The van der Waals surface area contributed by atoms with Crippen molar-refractivity contribution in [2.24, 2.45) is 5.73 Å². The highest BCUT2D eigenvalue weighted by Crippen LogP contribution is 2.14. The van der Waals surface area contributed by atoms with Crippen LogP contribution in [0.15, 0.2) is 0 Å². The summed E-state index contributed by atoms with van der Waals surface area (Å²) in [5.74, 6) is -16.3. The van der Waals surface area contributed by atoms with Gasteiger partial charge < -0.3 is 166 Å². The zero-order valence-corrected chi connectivity index (χ0v) is 77.3. The van der Waals surface area contributed by atoms with E-state index in [1.54, 1.807) is 0 Å². The van der Waals surface area contributed by atoms with Crippen molar-refractivity contribution >= 4 is 94.5 Å². The number of nitrogens with one attached hydrogen (secondary N) is 1. The number of hydrogen-bond donors (Lipinski definition) is 18. The summed E-state index contributed by atoms with van der Waals surface area (Å²) >= 11 is 0. The summed E-state index contributed by atoms with van der Waals surface area (Å²) in [6.07, 6.45) is -21.1. The minimum atomic E-state index is -1.44. The molecule has 0 saturated heterocycles. The lowest BCUT2D eigenvalue weighted by molar-refractivity contribution is -0.151. The molecule has 0 aromatic heterocycles. The molecule has 0 bridgehead atoms. The van der Waals surface area contributed by atoms with E-state index in [0.29, 0.717) is 0 Å². The van der Waals surface area contributed by atoms with Crippen LogP contribution in [-0.2, 0) is 76.7 Å². The Morgan fingerprint density at radius 1 is 0.171 bits per heavy atom. The van der Waals surface area contributed by atoms with Crippen molar-refractivity contribution in [3.8, 4) is 0 Å². The standard InChI is InChI=1S/C80H147N17O32/c1-49(98)17-82-18-66(115)84(20-51(3)100)35-68(117)86(22-53(5)102)37-70(119)88(24-55(7)104)39-72(121)90(26-57(9)106)41-74(123)92(28-59(11)108)43-76(125)94(30-61(13)110)45-78(127)96(32-63(15)112)47-80(129)97(33-64(16)113)48-79(128)95(31-62(14)111)46-77(126)93(29-60(12)109)44-75(124)91(27-58(10)107)42-73(122)89(25-56(8)105)40-71(120)87(23-54(6)103)38-69(118)85(21-52(4)101)36-67(116)83(19-50(2)99)34-65(81)114/h49-64,82,98-113H,17-48H2,1-16H3,(H2,81,114). The molecular weight excluding hydrogens is 1710 g/mol. The van der Waals surface area contributed by atoms with Gasteiger partial charge in [0.05, 0.1) is 202 Å². The second kappa shape index (κ2) is 60.7. The Labute approximate surface area is 752 Å². The molecule has 0 aromatic carbocycles. The molecule has 49 nitrogen and oxygen atoms in total. The molecule has 0 aromatic rings. The molecule has 129 heavy (non-hydrogen) atoms. The molecule has 0 aliphatic rings. The van der Waals surface area contributed by atoms with Gasteiger partial charge in [0.1, 0.15) is 0 Å². The molecule has 0 radical (unpaired) electrons. The second-order valence-corrected chi connectivity index (χ2v) is 33.8. The fraction of sp³-hybridized carbons (Fsp3) is 0.800. The third-order valence-electron chi connectivity index (χ3n) is 18.2. The topological polar surface area (TPSA) is 683 Å². The van der Waals surface area contributed by atoms with Gasteiger partial charge in [0, 0.05) is 105 Å². The molecular formula is C80H147N17O32. The van der Waals surface area contributed by atoms with Crippen molar-refractivity contribution in [3.63, 3.8) is 0 Å². The lowest BCUT2D eigenvalue weighted by Crippen LogP contribution is -2.55. The minimum Gasteiger partial charge on any atom is -0.392 e. The maximum absolute atomic E-state index is 14.6. The highest BCUT2D eigenvalue weighted by Gasteiger charge is 2.38. The molecule has 0 saturated carbocycles. The molecule has 19 N–H and O–H groups in total. The van der Waals surface area contributed by atoms with E-state index in [1.807, 2.05) is 0 Å². The van der Waals surface area contributed by atoms with E-state index >= 15 is 0 Å². The third kappa shape index (κ3) is 51.9. The summed E-state index contributed by atoms with van der Waals surface area (Å²) < 4.78 is 0. The van der Waals surface area contributed by atoms with Crippen LogP contribution in [0.3, 0.4) is 0 Å². The number of aliphatic hydroxyl groups excluding tert-OH is 16. The van der Waals surface area contributed by atoms with Crippen molar-refractivity contribution in [3.05, 3.63) is 0 Å². The van der Waals surface area contributed by atoms with Crippen molar-refractivity contribution in [2.75, 3.05) is 209 Å². The smallest absolute Gasteiger partial charge is 0.242 e. The maximum atomic E-state index is 14.6. The SMILES string of the molecule is CC(O)CNCC(=O)N(CC(=O)N(CC(=O)N(CC(=O)N(CC(=O)N(CC(=O)N(CC(=O)N(CC(=O)N(CC(=O)N(CC(=O)N(CC(=O)N(CC(=O)N(CC(=O)N(CC(=O)N(CC(=O)N(CC(N)=O)CC(C)O)CC(C)O)CC(C)O)CC(C)O)CC(C)O)CC(C)O)CC(C)O)CC(C)O)CC(C)O)CC(C)O)CC(C)O)CC(C)O)CC(C)O)CC(C)O)CC(C)O. The van der Waals surface area contributed by atoms with Gasteiger partial charge in [-0.05, 0) is 111 Å². The number of amides is 16. The van der Waals surface area contributed by atoms with Crippen LogP contribution >= 0.6 is 0 Å². The van der Waals surface area contributed by atoms with Crippen LogP contribution in [0.2, 0.25) is 0 Å². The molecule has 0 aliphatic heterocycles. The molecule has 16 atom stereocenters. The Morgan fingerprint density at radius 3 is 0.349 bits per heavy atom. The first-order valence-electron chi connectivity index (χ1n) is 42.7. The maximum Gasteiger partial charge on any atom is 0.242 e. The Morgan fingerprint density at radius 2 is 0.264 bits per heavy atom. The lowest BCUT2D eigenvalue weighted by atomic mass is 10.2. The number of aliphatic hydroxyl groups is 16. The van der Waals surface area contributed by atoms with Crippen LogP contribution in [-0.4, -0.2) is 557 Å². The third-order valence-corrected chi connectivity index (χ3v) is 18.2. The van der Waals surface area contributed by atoms with Crippen LogP contribution in [0.4, 0.5) is 0 Å². The van der Waals surface area contributed by atoms with Crippen LogP contribution in [0.5, 0.6) is 0 Å². The number of nitrogens with zero attached hydrogens (tertiary/aromatic N) is 15. The van der Waals surface area contributed by atoms with Gasteiger partial charge in [0.15, 0.2) is 0 Å². The van der Waals surface area contributed by atoms with Gasteiger partial charge in [0.25, 0.3) is 0 Å². The summed E-state index contributed by atoms with van der Waals surface area (Å²) in [5, 5.41) is 171. The Bertz CT molecular complexity index is 3460. The zero-order chi connectivity index (χ0) is 99.5. The van der Waals surface area contributed by atoms with Gasteiger partial charge in [-0.15, -0.1) is 0 Å². The summed E-state index contributed by atoms with van der Waals surface area (Å²) in [6.45, 7) is -2.77. The quantitative estimate of drug-likeness (QED) is 0.0269. The average molecular weight is 1860 g/mol. The first kappa shape index (κ1) is 120. The zero-order valence-electron chi connectivity index (χ0n) is 77.3. The van der Waals surface area contributed by atoms with Crippen LogP contribution in [0.1, 0.15) is 111 Å². The van der Waals surface area contributed by atoms with E-state index in [9.17, 15) is 158 Å². The summed E-state index contributed by atoms with van der Waals surface area (Å²) in [4.78, 5) is 237. The molecule has 49 heteroatoms. The van der Waals surface area contributed by atoms with Gasteiger partial charge in [-0.2, -0.15) is 0 Å². The van der Waals surface area contributed by atoms with Crippen molar-refractivity contribution in [1.82, 2.24) is 78.8 Å². The Balaban J connectivity index is 7.30. The van der Waals surface area contributed by atoms with Crippen LogP contribution < -0.4 is 11.1 Å². The van der Waals surface area contributed by atoms with Gasteiger partial charge in [-0.25, -0.2) is 0 Å². The monoisotopic (exact) mass is 1860 g/mol. The normalized spacial score (nSPS) is 15.1. The van der Waals surface area contributed by atoms with E-state index in [1.165, 1.54) is 111 Å². The van der Waals surface area contributed by atoms with Gasteiger partial charge >= 0.3 is 0 Å². The van der Waals surface area contributed by atoms with E-state index < -0.39 is 375 Å². The molecule has 0 heterocycles. The fourth-order valence-corrected chi connectivity index (χ4v) is 13.0. The first-order chi connectivity index (χ1) is 59.6. The molecule has 0 fully saturated rings. The van der Waals surface area contributed by atoms with E-state index in [4.69, 9.17) is 5.73 Å². The number of carbonyl (C=O) groups excluding carboxylic acids is 16. The lowest BCUT2D eigenvalue weighted by Gasteiger charge is -2.34. The average Bonchev–Trinajstić information content (AvgIpc) is 0.858. The predicted octanol–water partition coefficient (Wildman–Crippen LogP) is -13.4. The number of carbonyl (C=O) groups is 16. The first-order valence-corrected chi connectivity index (χ1v) is 42.7. The number of primary amides is 1. The highest BCUT2D eigenvalue weighted by molar-refractivity contribution is 5.96. The van der Waals surface area contributed by atoms with Gasteiger partial charge in [0.2, 0.25) is 94.5 Å². The minimum absolute atomic E-state index is 0.00134. The van der Waals surface area contributed by atoms with Crippen LogP contribution in [0.25, 0.3) is 0 Å². The number of nitrogens with two attached hydrogens (primary N) is 1. The Kier molecular flexibility index (Phi) is 56.4.